The van der Waals surface area contributed by atoms with Gasteiger partial charge in [-0.05, 0) is 67.7 Å². The van der Waals surface area contributed by atoms with Gasteiger partial charge in [0.2, 0.25) is 5.91 Å². The zero-order valence-corrected chi connectivity index (χ0v) is 18.8. The molecule has 1 heterocycles. The number of likely N-dealkylation sites (N-methyl/N-ethyl adjacent to an activating group) is 1. The molecule has 0 radical (unpaired) electrons. The summed E-state index contributed by atoms with van der Waals surface area (Å²) in [4.78, 5) is 17.2. The number of amides is 1. The zero-order valence-electron chi connectivity index (χ0n) is 16.5. The van der Waals surface area contributed by atoms with Crippen LogP contribution in [0.4, 0.5) is 0 Å². The Morgan fingerprint density at radius 2 is 1.69 bits per heavy atom. The Kier molecular flexibility index (Phi) is 9.09. The Morgan fingerprint density at radius 3 is 2.31 bits per heavy atom. The van der Waals surface area contributed by atoms with Crippen LogP contribution in [0.2, 0.25) is 10.0 Å². The van der Waals surface area contributed by atoms with Crippen molar-refractivity contribution in [3.63, 3.8) is 0 Å². The van der Waals surface area contributed by atoms with Gasteiger partial charge in [0.25, 0.3) is 0 Å². The van der Waals surface area contributed by atoms with E-state index in [9.17, 15) is 9.90 Å². The van der Waals surface area contributed by atoms with Crippen LogP contribution in [0.1, 0.15) is 24.0 Å². The highest BCUT2D eigenvalue weighted by Gasteiger charge is 2.24. The van der Waals surface area contributed by atoms with Crippen LogP contribution in [0.3, 0.4) is 0 Å². The van der Waals surface area contributed by atoms with E-state index in [4.69, 9.17) is 23.2 Å². The second-order valence-electron chi connectivity index (χ2n) is 7.46. The standard InChI is InChI=1S/C22H26Cl2N2O2.ClH/c1-25(22(28)14-17-6-9-20(23)21(24)13-17)18(15-26-10-2-3-11-26)12-16-4-7-19(27)8-5-16;/h4-9,13,18,27H,2-3,10-12,14-15H2,1H3;1H. The summed E-state index contributed by atoms with van der Waals surface area (Å²) in [5.41, 5.74) is 1.96. The molecular weight excluding hydrogens is 431 g/mol. The molecule has 0 saturated carbocycles. The molecule has 1 fully saturated rings. The van der Waals surface area contributed by atoms with E-state index >= 15 is 0 Å². The highest BCUT2D eigenvalue weighted by Crippen LogP contribution is 2.23. The molecule has 1 amide bonds. The van der Waals surface area contributed by atoms with Crippen molar-refractivity contribution in [2.24, 2.45) is 0 Å². The average Bonchev–Trinajstić information content (AvgIpc) is 3.18. The van der Waals surface area contributed by atoms with E-state index in [0.717, 1.165) is 37.2 Å². The summed E-state index contributed by atoms with van der Waals surface area (Å²) in [5.74, 6) is 0.310. The van der Waals surface area contributed by atoms with Gasteiger partial charge in [0, 0.05) is 19.6 Å². The van der Waals surface area contributed by atoms with E-state index in [2.05, 4.69) is 4.90 Å². The number of rotatable bonds is 7. The third-order valence-corrected chi connectivity index (χ3v) is 6.09. The topological polar surface area (TPSA) is 43.8 Å². The average molecular weight is 458 g/mol. The first-order chi connectivity index (χ1) is 13.4. The molecule has 1 aliphatic rings. The molecule has 158 valence electrons. The number of phenolic OH excluding ortho intramolecular Hbond substituents is 1. The van der Waals surface area contributed by atoms with Gasteiger partial charge in [-0.25, -0.2) is 0 Å². The van der Waals surface area contributed by atoms with Gasteiger partial charge < -0.3 is 14.9 Å². The van der Waals surface area contributed by atoms with Crippen LogP contribution in [0.15, 0.2) is 42.5 Å². The van der Waals surface area contributed by atoms with Crippen molar-refractivity contribution < 1.29 is 9.90 Å². The van der Waals surface area contributed by atoms with Crippen molar-refractivity contribution >= 4 is 41.5 Å². The molecule has 1 unspecified atom stereocenters. The van der Waals surface area contributed by atoms with Crippen molar-refractivity contribution in [2.75, 3.05) is 26.7 Å². The van der Waals surface area contributed by atoms with Crippen LogP contribution < -0.4 is 0 Å². The Morgan fingerprint density at radius 1 is 1.07 bits per heavy atom. The summed E-state index contributed by atoms with van der Waals surface area (Å²) in [6.45, 7) is 3.02. The summed E-state index contributed by atoms with van der Waals surface area (Å²) in [7, 11) is 1.88. The molecule has 1 saturated heterocycles. The van der Waals surface area contributed by atoms with Gasteiger partial charge in [0.05, 0.1) is 16.5 Å². The molecule has 2 aromatic rings. The Bertz CT molecular complexity index is 808. The monoisotopic (exact) mass is 456 g/mol. The van der Waals surface area contributed by atoms with Crippen LogP contribution in [-0.2, 0) is 17.6 Å². The number of hydrogen-bond acceptors (Lipinski definition) is 3. The summed E-state index contributed by atoms with van der Waals surface area (Å²) in [6.07, 6.45) is 3.47. The first-order valence-corrected chi connectivity index (χ1v) is 10.4. The second-order valence-corrected chi connectivity index (χ2v) is 8.28. The number of aromatic hydroxyl groups is 1. The SMILES string of the molecule is CN(C(=O)Cc1ccc(Cl)c(Cl)c1)C(Cc1ccc(O)cc1)CN1CCCC1.Cl. The van der Waals surface area contributed by atoms with Gasteiger partial charge in [0.15, 0.2) is 0 Å². The maximum atomic E-state index is 13.0. The van der Waals surface area contributed by atoms with Gasteiger partial charge in [-0.1, -0.05) is 41.4 Å². The molecule has 0 bridgehead atoms. The number of hydrogen-bond donors (Lipinski definition) is 1. The summed E-state index contributed by atoms with van der Waals surface area (Å²) in [5, 5.41) is 10.5. The third kappa shape index (κ3) is 6.78. The van der Waals surface area contributed by atoms with Gasteiger partial charge in [-0.15, -0.1) is 12.4 Å². The first kappa shape index (κ1) is 23.8. The maximum Gasteiger partial charge on any atom is 0.227 e. The minimum atomic E-state index is 0. The molecule has 0 aromatic heterocycles. The smallest absolute Gasteiger partial charge is 0.227 e. The summed E-state index contributed by atoms with van der Waals surface area (Å²) < 4.78 is 0. The summed E-state index contributed by atoms with van der Waals surface area (Å²) >= 11 is 12.1. The van der Waals surface area contributed by atoms with Gasteiger partial charge >= 0.3 is 0 Å². The van der Waals surface area contributed by atoms with Crippen molar-refractivity contribution in [3.05, 3.63) is 63.6 Å². The van der Waals surface area contributed by atoms with Crippen LogP contribution in [0, 0.1) is 0 Å². The number of carbonyl (C=O) groups excluding carboxylic acids is 1. The minimum Gasteiger partial charge on any atom is -0.508 e. The molecule has 7 heteroatoms. The number of halogens is 3. The van der Waals surface area contributed by atoms with Crippen molar-refractivity contribution in [3.8, 4) is 5.75 Å². The minimum absolute atomic E-state index is 0. The maximum absolute atomic E-state index is 13.0. The fourth-order valence-corrected chi connectivity index (χ4v) is 3.96. The van der Waals surface area contributed by atoms with E-state index in [-0.39, 0.29) is 30.1 Å². The molecule has 2 aromatic carbocycles. The fraction of sp³-hybridized carbons (Fsp3) is 0.409. The molecule has 1 N–H and O–H groups in total. The second kappa shape index (κ2) is 11.1. The van der Waals surface area contributed by atoms with Gasteiger partial charge in [-0.2, -0.15) is 0 Å². The van der Waals surface area contributed by atoms with Gasteiger partial charge in [0.1, 0.15) is 5.75 Å². The number of carbonyl (C=O) groups is 1. The molecule has 3 rings (SSSR count). The van der Waals surface area contributed by atoms with E-state index < -0.39 is 0 Å². The van der Waals surface area contributed by atoms with E-state index in [1.54, 1.807) is 24.3 Å². The van der Waals surface area contributed by atoms with E-state index in [1.807, 2.05) is 30.1 Å². The van der Waals surface area contributed by atoms with Crippen molar-refractivity contribution in [1.29, 1.82) is 0 Å². The van der Waals surface area contributed by atoms with Crippen LogP contribution in [0.25, 0.3) is 0 Å². The van der Waals surface area contributed by atoms with Crippen LogP contribution >= 0.6 is 35.6 Å². The predicted octanol–water partition coefficient (Wildman–Crippen LogP) is 4.83. The summed E-state index contributed by atoms with van der Waals surface area (Å²) in [6, 6.07) is 12.6. The largest absolute Gasteiger partial charge is 0.508 e. The number of phenols is 1. The Hall–Kier alpha value is -1.46. The highest BCUT2D eigenvalue weighted by atomic mass is 35.5. The predicted molar refractivity (Wildman–Crippen MR) is 121 cm³/mol. The lowest BCUT2D eigenvalue weighted by Crippen LogP contribution is -2.46. The number of nitrogens with zero attached hydrogens (tertiary/aromatic N) is 2. The molecule has 0 spiro atoms. The molecule has 1 aliphatic heterocycles. The Balaban J connectivity index is 0.00000300. The van der Waals surface area contributed by atoms with Crippen LogP contribution in [0.5, 0.6) is 5.75 Å². The molecular formula is C22H27Cl3N2O2. The van der Waals surface area contributed by atoms with Gasteiger partial charge in [-0.3, -0.25) is 4.79 Å². The van der Waals surface area contributed by atoms with E-state index in [0.29, 0.717) is 16.5 Å². The third-order valence-electron chi connectivity index (χ3n) is 5.36. The fourth-order valence-electron chi connectivity index (χ4n) is 3.64. The molecule has 4 nitrogen and oxygen atoms in total. The lowest BCUT2D eigenvalue weighted by molar-refractivity contribution is -0.131. The lowest BCUT2D eigenvalue weighted by Gasteiger charge is -2.32. The number of likely N-dealkylation sites (tertiary alicyclic amines) is 1. The zero-order chi connectivity index (χ0) is 20.1. The Labute approximate surface area is 188 Å². The molecule has 1 atom stereocenters. The van der Waals surface area contributed by atoms with Crippen molar-refractivity contribution in [1.82, 2.24) is 9.80 Å². The van der Waals surface area contributed by atoms with E-state index in [1.165, 1.54) is 12.8 Å². The quantitative estimate of drug-likeness (QED) is 0.648. The first-order valence-electron chi connectivity index (χ1n) is 9.62. The van der Waals surface area contributed by atoms with Crippen LogP contribution in [-0.4, -0.2) is 53.5 Å². The van der Waals surface area contributed by atoms with Crippen molar-refractivity contribution in [2.45, 2.75) is 31.7 Å². The highest BCUT2D eigenvalue weighted by molar-refractivity contribution is 6.42. The normalized spacial score (nSPS) is 15.0. The molecule has 29 heavy (non-hydrogen) atoms. The number of benzene rings is 2. The lowest BCUT2D eigenvalue weighted by atomic mass is 10.0. The molecule has 0 aliphatic carbocycles.